The van der Waals surface area contributed by atoms with E-state index < -0.39 is 10.5 Å². The van der Waals surface area contributed by atoms with Crippen molar-refractivity contribution < 1.29 is 13.2 Å². The van der Waals surface area contributed by atoms with Gasteiger partial charge in [0.1, 0.15) is 0 Å². The second-order valence-corrected chi connectivity index (χ2v) is 6.45. The first kappa shape index (κ1) is 16.3. The highest BCUT2D eigenvalue weighted by molar-refractivity contribution is 7.61. The van der Waals surface area contributed by atoms with Gasteiger partial charge in [-0.2, -0.15) is 8.42 Å². The molecule has 1 fully saturated rings. The number of benzene rings is 1. The minimum atomic E-state index is -2.61. The Bertz CT molecular complexity index is 910. The number of carbonyl (C=O) groups is 1. The molecule has 1 saturated carbocycles. The van der Waals surface area contributed by atoms with Crippen LogP contribution in [0.5, 0.6) is 0 Å². The summed E-state index contributed by atoms with van der Waals surface area (Å²) in [5.41, 5.74) is 3.27. The molecule has 1 aromatic heterocycles. The van der Waals surface area contributed by atoms with Crippen LogP contribution in [-0.2, 0) is 17.0 Å². The Hall–Kier alpha value is -2.54. The lowest BCUT2D eigenvalue weighted by Crippen LogP contribution is -2.23. The van der Waals surface area contributed by atoms with Gasteiger partial charge in [-0.05, 0) is 43.5 Å². The maximum Gasteiger partial charge on any atom is 0.316 e. The molecule has 124 valence electrons. The summed E-state index contributed by atoms with van der Waals surface area (Å²) in [6, 6.07) is 8.68. The fraction of sp³-hybridized carbons (Fsp3) is 0.294. The highest BCUT2D eigenvalue weighted by atomic mass is 32.2. The normalized spacial score (nSPS) is 13.4. The first-order chi connectivity index (χ1) is 11.5. The molecular formula is C17H17N3O3S. The van der Waals surface area contributed by atoms with E-state index in [1.807, 2.05) is 19.1 Å². The van der Waals surface area contributed by atoms with Crippen molar-refractivity contribution >= 4 is 22.1 Å². The number of hydrogen-bond donors (Lipinski definition) is 1. The van der Waals surface area contributed by atoms with E-state index in [1.165, 1.54) is 6.07 Å². The lowest BCUT2D eigenvalue weighted by molar-refractivity contribution is 0.0951. The average Bonchev–Trinajstić information content (AvgIpc) is 3.39. The second-order valence-electron chi connectivity index (χ2n) is 5.83. The molecule has 3 rings (SSSR count). The summed E-state index contributed by atoms with van der Waals surface area (Å²) in [5.74, 6) is 0.138. The van der Waals surface area contributed by atoms with E-state index in [0.29, 0.717) is 12.5 Å². The lowest BCUT2D eigenvalue weighted by Gasteiger charge is -2.10. The Morgan fingerprint density at radius 2 is 2.12 bits per heavy atom. The van der Waals surface area contributed by atoms with Crippen LogP contribution in [-0.4, -0.2) is 19.3 Å². The molecule has 1 N–H and O–H groups in total. The van der Waals surface area contributed by atoms with Crippen LogP contribution in [0.1, 0.15) is 45.9 Å². The van der Waals surface area contributed by atoms with Gasteiger partial charge < -0.3 is 5.32 Å². The predicted molar refractivity (Wildman–Crippen MR) is 89.6 cm³/mol. The molecule has 0 unspecified atom stereocenters. The molecule has 0 spiro atoms. The number of rotatable bonds is 5. The summed E-state index contributed by atoms with van der Waals surface area (Å²) in [7, 11) is -2.61. The predicted octanol–water partition coefficient (Wildman–Crippen LogP) is 2.89. The highest BCUT2D eigenvalue weighted by Gasteiger charge is 2.27. The molecule has 6 nitrogen and oxygen atoms in total. The number of pyridine rings is 1. The molecular weight excluding hydrogens is 326 g/mol. The van der Waals surface area contributed by atoms with Crippen molar-refractivity contribution in [2.75, 3.05) is 0 Å². The summed E-state index contributed by atoms with van der Waals surface area (Å²) < 4.78 is 25.1. The third-order valence-corrected chi connectivity index (χ3v) is 4.24. The molecule has 2 aromatic rings. The minimum Gasteiger partial charge on any atom is -0.348 e. The van der Waals surface area contributed by atoms with Gasteiger partial charge in [-0.3, -0.25) is 9.78 Å². The number of nitrogens with one attached hydrogen (secondary N) is 1. The molecule has 7 heteroatoms. The molecule has 1 amide bonds. The summed E-state index contributed by atoms with van der Waals surface area (Å²) in [5, 5.41) is 2.84. The van der Waals surface area contributed by atoms with Crippen LogP contribution in [0, 0.1) is 6.92 Å². The van der Waals surface area contributed by atoms with E-state index in [2.05, 4.69) is 14.7 Å². The third kappa shape index (κ3) is 3.86. The van der Waals surface area contributed by atoms with Gasteiger partial charge in [0, 0.05) is 24.4 Å². The molecule has 24 heavy (non-hydrogen) atoms. The average molecular weight is 343 g/mol. The van der Waals surface area contributed by atoms with Crippen LogP contribution in [0.2, 0.25) is 0 Å². The summed E-state index contributed by atoms with van der Waals surface area (Å²) >= 11 is 0. The highest BCUT2D eigenvalue weighted by Crippen LogP contribution is 2.40. The maximum absolute atomic E-state index is 12.5. The van der Waals surface area contributed by atoms with Gasteiger partial charge in [-0.1, -0.05) is 17.7 Å². The molecule has 0 atom stereocenters. The SMILES string of the molecule is Cc1ccc(N=S(=O)=O)c(C(=O)NCc2cccnc2C2CC2)c1. The maximum atomic E-state index is 12.5. The number of aromatic nitrogens is 1. The zero-order chi connectivity index (χ0) is 17.1. The molecule has 1 aliphatic rings. The van der Waals surface area contributed by atoms with Crippen molar-refractivity contribution in [2.45, 2.75) is 32.2 Å². The number of amides is 1. The minimum absolute atomic E-state index is 0.139. The summed E-state index contributed by atoms with van der Waals surface area (Å²) in [4.78, 5) is 16.9. The van der Waals surface area contributed by atoms with Crippen molar-refractivity contribution in [1.29, 1.82) is 0 Å². The molecule has 0 bridgehead atoms. The Morgan fingerprint density at radius 1 is 1.33 bits per heavy atom. The molecule has 1 aliphatic carbocycles. The number of nitrogens with zero attached hydrogens (tertiary/aromatic N) is 2. The van der Waals surface area contributed by atoms with Gasteiger partial charge in [0.05, 0.1) is 11.3 Å². The Labute approximate surface area is 141 Å². The Balaban J connectivity index is 1.81. The van der Waals surface area contributed by atoms with Gasteiger partial charge in [0.25, 0.3) is 5.91 Å². The van der Waals surface area contributed by atoms with Crippen molar-refractivity contribution in [3.8, 4) is 0 Å². The molecule has 1 heterocycles. The van der Waals surface area contributed by atoms with Gasteiger partial charge in [-0.15, -0.1) is 4.36 Å². The number of carbonyl (C=O) groups excluding carboxylic acids is 1. The quantitative estimate of drug-likeness (QED) is 0.904. The van der Waals surface area contributed by atoms with Crippen LogP contribution in [0.15, 0.2) is 40.9 Å². The Kier molecular flexibility index (Phi) is 4.71. The van der Waals surface area contributed by atoms with E-state index in [4.69, 9.17) is 0 Å². The van der Waals surface area contributed by atoms with Crippen molar-refractivity contribution in [3.05, 3.63) is 58.9 Å². The van der Waals surface area contributed by atoms with Crippen LogP contribution >= 0.6 is 0 Å². The first-order valence-electron chi connectivity index (χ1n) is 7.68. The topological polar surface area (TPSA) is 88.5 Å². The van der Waals surface area contributed by atoms with Crippen molar-refractivity contribution in [1.82, 2.24) is 10.3 Å². The van der Waals surface area contributed by atoms with E-state index in [-0.39, 0.29) is 17.2 Å². The van der Waals surface area contributed by atoms with E-state index in [0.717, 1.165) is 29.7 Å². The fourth-order valence-corrected chi connectivity index (χ4v) is 2.91. The second kappa shape index (κ2) is 6.92. The van der Waals surface area contributed by atoms with Crippen molar-refractivity contribution in [2.24, 2.45) is 4.36 Å². The fourth-order valence-electron chi connectivity index (χ4n) is 2.59. The number of aryl methyl sites for hydroxylation is 1. The van der Waals surface area contributed by atoms with Crippen molar-refractivity contribution in [3.63, 3.8) is 0 Å². The molecule has 1 aromatic carbocycles. The molecule has 0 aliphatic heterocycles. The van der Waals surface area contributed by atoms with Gasteiger partial charge >= 0.3 is 10.5 Å². The zero-order valence-corrected chi connectivity index (χ0v) is 14.0. The van der Waals surface area contributed by atoms with E-state index in [1.54, 1.807) is 18.3 Å². The molecule has 0 saturated heterocycles. The van der Waals surface area contributed by atoms with Gasteiger partial charge in [0.2, 0.25) is 0 Å². The Morgan fingerprint density at radius 3 is 2.83 bits per heavy atom. The molecule has 0 radical (unpaired) electrons. The lowest BCUT2D eigenvalue weighted by atomic mass is 10.1. The smallest absolute Gasteiger partial charge is 0.316 e. The first-order valence-corrected chi connectivity index (χ1v) is 8.71. The summed E-state index contributed by atoms with van der Waals surface area (Å²) in [6.07, 6.45) is 4.03. The van der Waals surface area contributed by atoms with Crippen LogP contribution in [0.4, 0.5) is 5.69 Å². The third-order valence-electron chi connectivity index (χ3n) is 3.90. The van der Waals surface area contributed by atoms with E-state index in [9.17, 15) is 13.2 Å². The number of hydrogen-bond acceptors (Lipinski definition) is 5. The summed E-state index contributed by atoms with van der Waals surface area (Å²) in [6.45, 7) is 2.19. The van der Waals surface area contributed by atoms with Crippen LogP contribution in [0.3, 0.4) is 0 Å². The monoisotopic (exact) mass is 343 g/mol. The van der Waals surface area contributed by atoms with Gasteiger partial charge in [0.15, 0.2) is 0 Å². The van der Waals surface area contributed by atoms with Gasteiger partial charge in [-0.25, -0.2) is 0 Å². The zero-order valence-electron chi connectivity index (χ0n) is 13.2. The van der Waals surface area contributed by atoms with Crippen LogP contribution in [0.25, 0.3) is 0 Å². The standard InChI is InChI=1S/C17H17N3O3S/c1-11-4-7-15(20-24(22)23)14(9-11)17(21)19-10-13-3-2-8-18-16(13)12-5-6-12/h2-4,7-9,12H,5-6,10H2,1H3,(H,19,21). The largest absolute Gasteiger partial charge is 0.348 e. The van der Waals surface area contributed by atoms with Crippen LogP contribution < -0.4 is 5.32 Å². The van der Waals surface area contributed by atoms with E-state index >= 15 is 0 Å².